The van der Waals surface area contributed by atoms with Crippen molar-refractivity contribution in [3.8, 4) is 5.75 Å². The highest BCUT2D eigenvalue weighted by molar-refractivity contribution is 6.18. The van der Waals surface area contributed by atoms with Crippen LogP contribution in [0.5, 0.6) is 5.75 Å². The minimum Gasteiger partial charge on any atom is -0.480 e. The van der Waals surface area contributed by atoms with Crippen LogP contribution in [0.4, 0.5) is 0 Å². The molecule has 0 aromatic heterocycles. The smallest absolute Gasteiger partial charge is 0.261 e. The Morgan fingerprint density at radius 3 is 3.05 bits per heavy atom. The lowest BCUT2D eigenvalue weighted by molar-refractivity contribution is -0.127. The van der Waals surface area contributed by atoms with Crippen molar-refractivity contribution in [3.05, 3.63) is 29.8 Å². The van der Waals surface area contributed by atoms with Crippen LogP contribution in [0, 0.1) is 0 Å². The molecule has 4 nitrogen and oxygen atoms in total. The molecule has 0 saturated carbocycles. The number of carbonyl (C=O) groups is 1. The summed E-state index contributed by atoms with van der Waals surface area (Å²) >= 11 is 5.83. The standard InChI is InChI=1S/C14H18ClNO3/c1-18-7-6-11(9-15)16-14(17)13-8-10-4-2-3-5-12(10)19-13/h2-5,11,13H,6-9H2,1H3,(H,16,17). The molecule has 2 rings (SSSR count). The number of nitrogens with one attached hydrogen (secondary N) is 1. The molecular formula is C14H18ClNO3. The summed E-state index contributed by atoms with van der Waals surface area (Å²) in [5.74, 6) is 1.05. The SMILES string of the molecule is COCCC(CCl)NC(=O)C1Cc2ccccc2O1. The van der Waals surface area contributed by atoms with Gasteiger partial charge in [-0.15, -0.1) is 11.6 Å². The van der Waals surface area contributed by atoms with Gasteiger partial charge < -0.3 is 14.8 Å². The molecule has 0 aliphatic carbocycles. The predicted octanol–water partition coefficient (Wildman–Crippen LogP) is 1.75. The van der Waals surface area contributed by atoms with Gasteiger partial charge in [-0.3, -0.25) is 4.79 Å². The predicted molar refractivity (Wildman–Crippen MR) is 73.7 cm³/mol. The van der Waals surface area contributed by atoms with Crippen LogP contribution in [0.15, 0.2) is 24.3 Å². The highest BCUT2D eigenvalue weighted by atomic mass is 35.5. The summed E-state index contributed by atoms with van der Waals surface area (Å²) in [6, 6.07) is 7.63. The fourth-order valence-corrected chi connectivity index (χ4v) is 2.30. The van der Waals surface area contributed by atoms with Gasteiger partial charge in [-0.25, -0.2) is 0 Å². The van der Waals surface area contributed by atoms with Crippen LogP contribution in [0.3, 0.4) is 0 Å². The maximum atomic E-state index is 12.1. The number of methoxy groups -OCH3 is 1. The number of benzene rings is 1. The fourth-order valence-electron chi connectivity index (χ4n) is 2.07. The van der Waals surface area contributed by atoms with Gasteiger partial charge in [-0.05, 0) is 18.1 Å². The first kappa shape index (κ1) is 14.2. The van der Waals surface area contributed by atoms with Crippen molar-refractivity contribution < 1.29 is 14.3 Å². The van der Waals surface area contributed by atoms with E-state index in [4.69, 9.17) is 21.1 Å². The molecule has 104 valence electrons. The first-order valence-corrected chi connectivity index (χ1v) is 6.88. The van der Waals surface area contributed by atoms with Gasteiger partial charge in [-0.2, -0.15) is 0 Å². The van der Waals surface area contributed by atoms with Crippen molar-refractivity contribution in [1.82, 2.24) is 5.32 Å². The third-order valence-electron chi connectivity index (χ3n) is 3.14. The van der Waals surface area contributed by atoms with E-state index in [1.54, 1.807) is 7.11 Å². The molecule has 1 aliphatic heterocycles. The number of hydrogen-bond acceptors (Lipinski definition) is 3. The van der Waals surface area contributed by atoms with Crippen LogP contribution >= 0.6 is 11.6 Å². The van der Waals surface area contributed by atoms with Crippen molar-refractivity contribution in [1.29, 1.82) is 0 Å². The normalized spacial score (nSPS) is 18.5. The number of para-hydroxylation sites is 1. The zero-order valence-corrected chi connectivity index (χ0v) is 11.7. The van der Waals surface area contributed by atoms with Crippen LogP contribution in [-0.2, 0) is 16.0 Å². The number of hydrogen-bond donors (Lipinski definition) is 1. The minimum absolute atomic E-state index is 0.0820. The Bertz CT molecular complexity index is 413. The van der Waals surface area contributed by atoms with Crippen molar-refractivity contribution in [3.63, 3.8) is 0 Å². The van der Waals surface area contributed by atoms with Gasteiger partial charge >= 0.3 is 0 Å². The van der Waals surface area contributed by atoms with Gasteiger partial charge in [-0.1, -0.05) is 18.2 Å². The van der Waals surface area contributed by atoms with E-state index in [-0.39, 0.29) is 11.9 Å². The molecule has 0 spiro atoms. The lowest BCUT2D eigenvalue weighted by Gasteiger charge is -2.18. The summed E-state index contributed by atoms with van der Waals surface area (Å²) in [6.07, 6.45) is 0.859. The Labute approximate surface area is 118 Å². The molecule has 0 bridgehead atoms. The molecule has 1 aromatic rings. The third-order valence-corrected chi connectivity index (χ3v) is 3.52. The number of alkyl halides is 1. The molecule has 1 N–H and O–H groups in total. The van der Waals surface area contributed by atoms with Gasteiger partial charge in [0.25, 0.3) is 5.91 Å². The maximum absolute atomic E-state index is 12.1. The van der Waals surface area contributed by atoms with Crippen molar-refractivity contribution in [2.24, 2.45) is 0 Å². The summed E-state index contributed by atoms with van der Waals surface area (Å²) in [5.41, 5.74) is 1.07. The molecule has 0 fully saturated rings. The highest BCUT2D eigenvalue weighted by Gasteiger charge is 2.29. The van der Waals surface area contributed by atoms with Crippen LogP contribution in [0.25, 0.3) is 0 Å². The quantitative estimate of drug-likeness (QED) is 0.809. The zero-order valence-electron chi connectivity index (χ0n) is 10.9. The van der Waals surface area contributed by atoms with Gasteiger partial charge in [0.15, 0.2) is 6.10 Å². The van der Waals surface area contributed by atoms with Crippen LogP contribution in [-0.4, -0.2) is 37.6 Å². The van der Waals surface area contributed by atoms with Crippen LogP contribution < -0.4 is 10.1 Å². The number of amides is 1. The first-order valence-electron chi connectivity index (χ1n) is 6.34. The average molecular weight is 284 g/mol. The van der Waals surface area contributed by atoms with E-state index in [1.807, 2.05) is 24.3 Å². The largest absolute Gasteiger partial charge is 0.480 e. The third kappa shape index (κ3) is 3.61. The van der Waals surface area contributed by atoms with Crippen LogP contribution in [0.2, 0.25) is 0 Å². The minimum atomic E-state index is -0.453. The van der Waals surface area contributed by atoms with Crippen molar-refractivity contribution >= 4 is 17.5 Å². The van der Waals surface area contributed by atoms with E-state index in [9.17, 15) is 4.79 Å². The van der Waals surface area contributed by atoms with E-state index in [0.717, 1.165) is 11.3 Å². The molecule has 0 saturated heterocycles. The maximum Gasteiger partial charge on any atom is 0.261 e. The van der Waals surface area contributed by atoms with Gasteiger partial charge in [0.1, 0.15) is 5.75 Å². The Morgan fingerprint density at radius 2 is 2.37 bits per heavy atom. The molecule has 1 heterocycles. The second-order valence-electron chi connectivity index (χ2n) is 4.56. The molecule has 2 unspecified atom stereocenters. The second kappa shape index (κ2) is 6.78. The van der Waals surface area contributed by atoms with Gasteiger partial charge in [0.2, 0.25) is 0 Å². The average Bonchev–Trinajstić information content (AvgIpc) is 2.87. The molecule has 0 radical (unpaired) electrons. The Balaban J connectivity index is 1.88. The summed E-state index contributed by atoms with van der Waals surface area (Å²) in [7, 11) is 1.63. The zero-order chi connectivity index (χ0) is 13.7. The number of fused-ring (bicyclic) bond motifs is 1. The lowest BCUT2D eigenvalue weighted by Crippen LogP contribution is -2.44. The first-order chi connectivity index (χ1) is 9.24. The monoisotopic (exact) mass is 283 g/mol. The van der Waals surface area contributed by atoms with Crippen molar-refractivity contribution in [2.45, 2.75) is 25.0 Å². The van der Waals surface area contributed by atoms with E-state index in [2.05, 4.69) is 5.32 Å². The van der Waals surface area contributed by atoms with Gasteiger partial charge in [0, 0.05) is 32.1 Å². The highest BCUT2D eigenvalue weighted by Crippen LogP contribution is 2.28. The molecule has 2 atom stereocenters. The summed E-state index contributed by atoms with van der Waals surface area (Å²) in [6.45, 7) is 0.573. The topological polar surface area (TPSA) is 47.6 Å². The molecule has 1 aromatic carbocycles. The molecule has 5 heteroatoms. The number of halogens is 1. The Kier molecular flexibility index (Phi) is 5.05. The van der Waals surface area contributed by atoms with E-state index < -0.39 is 6.10 Å². The van der Waals surface area contributed by atoms with Crippen LogP contribution in [0.1, 0.15) is 12.0 Å². The molecule has 1 aliphatic rings. The number of ether oxygens (including phenoxy) is 2. The van der Waals surface area contributed by atoms with Crippen molar-refractivity contribution in [2.75, 3.05) is 19.6 Å². The second-order valence-corrected chi connectivity index (χ2v) is 4.87. The summed E-state index contributed by atoms with van der Waals surface area (Å²) < 4.78 is 10.6. The number of rotatable bonds is 6. The van der Waals surface area contributed by atoms with E-state index in [1.165, 1.54) is 0 Å². The Hall–Kier alpha value is -1.26. The number of carbonyl (C=O) groups excluding carboxylic acids is 1. The fraction of sp³-hybridized carbons (Fsp3) is 0.500. The summed E-state index contributed by atoms with van der Waals surface area (Å²) in [5, 5.41) is 2.90. The molecule has 19 heavy (non-hydrogen) atoms. The van der Waals surface area contributed by atoms with E-state index >= 15 is 0 Å². The van der Waals surface area contributed by atoms with E-state index in [0.29, 0.717) is 25.3 Å². The lowest BCUT2D eigenvalue weighted by atomic mass is 10.1. The summed E-state index contributed by atoms with van der Waals surface area (Å²) in [4.78, 5) is 12.1. The Morgan fingerprint density at radius 1 is 1.58 bits per heavy atom. The molecular weight excluding hydrogens is 266 g/mol. The molecule has 1 amide bonds. The van der Waals surface area contributed by atoms with Gasteiger partial charge in [0.05, 0.1) is 0 Å².